The van der Waals surface area contributed by atoms with Gasteiger partial charge in [-0.15, -0.1) is 0 Å². The van der Waals surface area contributed by atoms with Crippen LogP contribution in [0.25, 0.3) is 0 Å². The molecule has 0 saturated heterocycles. The number of aliphatic carboxylic acids is 1. The lowest BCUT2D eigenvalue weighted by molar-refractivity contribution is -0.135. The van der Waals surface area contributed by atoms with Gasteiger partial charge in [-0.3, -0.25) is 19.3 Å². The molecule has 0 unspecified atom stereocenters. The van der Waals surface area contributed by atoms with E-state index in [1.54, 1.807) is 81.4 Å². The Labute approximate surface area is 233 Å². The number of carbonyl (C=O) groups excluding carboxylic acids is 3. The number of nitrogens with zero attached hydrogens (tertiary/aromatic N) is 1. The van der Waals surface area contributed by atoms with Gasteiger partial charge in [0.15, 0.2) is 0 Å². The first-order chi connectivity index (χ1) is 18.9. The average Bonchev–Trinajstić information content (AvgIpc) is 3.38. The number of hydrogen-bond donors (Lipinski definition) is 4. The Kier molecular flexibility index (Phi) is 9.86. The number of amides is 3. The van der Waals surface area contributed by atoms with Gasteiger partial charge in [-0.25, -0.2) is 4.79 Å². The summed E-state index contributed by atoms with van der Waals surface area (Å²) in [7, 11) is 0. The van der Waals surface area contributed by atoms with Gasteiger partial charge >= 0.3 is 12.1 Å². The van der Waals surface area contributed by atoms with Crippen molar-refractivity contribution in [2.24, 2.45) is 5.73 Å². The third kappa shape index (κ3) is 8.87. The van der Waals surface area contributed by atoms with Crippen LogP contribution >= 0.6 is 0 Å². The van der Waals surface area contributed by atoms with E-state index in [0.29, 0.717) is 22.4 Å². The molecule has 0 aliphatic carbocycles. The zero-order chi connectivity index (χ0) is 29.3. The maximum absolute atomic E-state index is 12.8. The third-order valence-corrected chi connectivity index (χ3v) is 5.72. The van der Waals surface area contributed by atoms with E-state index in [-0.39, 0.29) is 12.5 Å². The topological polar surface area (TPSA) is 151 Å². The number of carboxylic acid groups (broad SMARTS) is 1. The highest BCUT2D eigenvalue weighted by Crippen LogP contribution is 2.23. The van der Waals surface area contributed by atoms with Crippen molar-refractivity contribution in [2.45, 2.75) is 39.3 Å². The Hall–Kier alpha value is -4.86. The number of benzene rings is 3. The van der Waals surface area contributed by atoms with Crippen molar-refractivity contribution in [3.8, 4) is 0 Å². The van der Waals surface area contributed by atoms with Crippen LogP contribution in [-0.2, 0) is 22.5 Å². The summed E-state index contributed by atoms with van der Waals surface area (Å²) in [4.78, 5) is 47.9. The van der Waals surface area contributed by atoms with E-state index in [2.05, 4.69) is 10.6 Å². The monoisotopic (exact) mass is 546 g/mol. The predicted molar refractivity (Wildman–Crippen MR) is 152 cm³/mol. The van der Waals surface area contributed by atoms with Gasteiger partial charge in [0, 0.05) is 35.6 Å². The second-order valence-corrected chi connectivity index (χ2v) is 10.1. The number of carbonyl (C=O) groups is 4. The van der Waals surface area contributed by atoms with Gasteiger partial charge in [0.25, 0.3) is 5.91 Å². The molecule has 3 aromatic rings. The zero-order valence-corrected chi connectivity index (χ0v) is 22.8. The Morgan fingerprint density at radius 3 is 2.35 bits per heavy atom. The lowest BCUT2D eigenvalue weighted by Gasteiger charge is -2.22. The summed E-state index contributed by atoms with van der Waals surface area (Å²) >= 11 is 0. The molecule has 3 amide bonds. The molecule has 210 valence electrons. The number of carboxylic acids is 1. The number of fused-ring (bicyclic) bond motifs is 1. The van der Waals surface area contributed by atoms with Crippen LogP contribution in [0.5, 0.6) is 0 Å². The van der Waals surface area contributed by atoms with Gasteiger partial charge in [-0.1, -0.05) is 36.4 Å². The number of hydrogen-bond acceptors (Lipinski definition) is 6. The van der Waals surface area contributed by atoms with E-state index in [1.165, 1.54) is 10.5 Å². The fourth-order valence-electron chi connectivity index (χ4n) is 3.92. The Morgan fingerprint density at radius 2 is 1.70 bits per heavy atom. The van der Waals surface area contributed by atoms with Crippen LogP contribution < -0.4 is 21.3 Å². The van der Waals surface area contributed by atoms with E-state index >= 15 is 0 Å². The van der Waals surface area contributed by atoms with Crippen LogP contribution in [0.3, 0.4) is 0 Å². The van der Waals surface area contributed by atoms with Crippen molar-refractivity contribution in [1.29, 1.82) is 0 Å². The minimum atomic E-state index is -1.12. The minimum absolute atomic E-state index is 0.184. The molecule has 0 aromatic heterocycles. The number of primary amides is 1. The number of ether oxygens (including phenoxy) is 1. The van der Waals surface area contributed by atoms with E-state index in [9.17, 15) is 24.3 Å². The van der Waals surface area contributed by atoms with Crippen LogP contribution in [0, 0.1) is 0 Å². The maximum Gasteiger partial charge on any atom is 0.407 e. The second kappa shape index (κ2) is 13.3. The summed E-state index contributed by atoms with van der Waals surface area (Å²) < 4.78 is 5.19. The molecule has 5 N–H and O–H groups in total. The fraction of sp³-hybridized carbons (Fsp3) is 0.267. The SMILES string of the molecule is CC(C)(C)OC(=O)NCc1cccc(N(CC(=O)O)C(=O)c2ccccc2)c1.NC(=O)c1ccc2c(c1)NCC2. The molecule has 0 fully saturated rings. The predicted octanol–water partition coefficient (Wildman–Crippen LogP) is 4.20. The molecule has 1 aliphatic rings. The highest BCUT2D eigenvalue weighted by molar-refractivity contribution is 6.08. The molecule has 3 aromatic carbocycles. The number of nitrogens with two attached hydrogens (primary N) is 1. The van der Waals surface area contributed by atoms with E-state index in [4.69, 9.17) is 10.5 Å². The third-order valence-electron chi connectivity index (χ3n) is 5.72. The highest BCUT2D eigenvalue weighted by atomic mass is 16.6. The van der Waals surface area contributed by atoms with Crippen molar-refractivity contribution < 1.29 is 29.0 Å². The summed E-state index contributed by atoms with van der Waals surface area (Å²) in [6.45, 7) is 5.97. The van der Waals surface area contributed by atoms with Crippen molar-refractivity contribution in [1.82, 2.24) is 5.32 Å². The van der Waals surface area contributed by atoms with Gasteiger partial charge in [-0.05, 0) is 74.7 Å². The molecule has 1 aliphatic heterocycles. The van der Waals surface area contributed by atoms with Crippen molar-refractivity contribution >= 4 is 35.3 Å². The summed E-state index contributed by atoms with van der Waals surface area (Å²) in [5, 5.41) is 15.1. The van der Waals surface area contributed by atoms with Crippen LogP contribution in [0.2, 0.25) is 0 Å². The fourth-order valence-corrected chi connectivity index (χ4v) is 3.92. The molecule has 0 radical (unpaired) electrons. The molecule has 10 nitrogen and oxygen atoms in total. The van der Waals surface area contributed by atoms with E-state index < -0.39 is 30.1 Å². The van der Waals surface area contributed by atoms with Gasteiger partial charge < -0.3 is 26.2 Å². The molecular weight excluding hydrogens is 512 g/mol. The number of alkyl carbamates (subject to hydrolysis) is 1. The summed E-state index contributed by atoms with van der Waals surface area (Å²) in [6, 6.07) is 20.8. The normalized spacial score (nSPS) is 11.7. The first-order valence-corrected chi connectivity index (χ1v) is 12.7. The Bertz CT molecular complexity index is 1370. The van der Waals surface area contributed by atoms with Gasteiger partial charge in [0.05, 0.1) is 0 Å². The first-order valence-electron chi connectivity index (χ1n) is 12.7. The lowest BCUT2D eigenvalue weighted by atomic mass is 10.1. The molecular formula is C30H34N4O6. The maximum atomic E-state index is 12.8. The second-order valence-electron chi connectivity index (χ2n) is 10.1. The molecule has 0 atom stereocenters. The standard InChI is InChI=1S/C21H24N2O5.C9H10N2O/c1-21(2,3)28-20(27)22-13-15-8-7-11-17(12-15)23(14-18(24)25)19(26)16-9-5-4-6-10-16;10-9(12)7-2-1-6-3-4-11-8(6)5-7/h4-12H,13-14H2,1-3H3,(H,22,27)(H,24,25);1-2,5,11H,3-4H2,(H2,10,12). The highest BCUT2D eigenvalue weighted by Gasteiger charge is 2.21. The quantitative estimate of drug-likeness (QED) is 0.347. The molecule has 0 bridgehead atoms. The molecule has 0 saturated carbocycles. The molecule has 0 spiro atoms. The summed E-state index contributed by atoms with van der Waals surface area (Å²) in [6.07, 6.45) is 0.481. The molecule has 10 heteroatoms. The average molecular weight is 547 g/mol. The minimum Gasteiger partial charge on any atom is -0.480 e. The van der Waals surface area contributed by atoms with Crippen LogP contribution in [0.15, 0.2) is 72.8 Å². The number of nitrogens with one attached hydrogen (secondary N) is 2. The smallest absolute Gasteiger partial charge is 0.407 e. The lowest BCUT2D eigenvalue weighted by Crippen LogP contribution is -2.36. The Morgan fingerprint density at radius 1 is 0.975 bits per heavy atom. The van der Waals surface area contributed by atoms with Gasteiger partial charge in [-0.2, -0.15) is 0 Å². The van der Waals surface area contributed by atoms with Gasteiger partial charge in [0.1, 0.15) is 12.1 Å². The van der Waals surface area contributed by atoms with E-state index in [0.717, 1.165) is 18.7 Å². The molecule has 4 rings (SSSR count). The Balaban J connectivity index is 0.000000302. The van der Waals surface area contributed by atoms with Crippen molar-refractivity contribution in [3.05, 3.63) is 95.1 Å². The largest absolute Gasteiger partial charge is 0.480 e. The van der Waals surface area contributed by atoms with Crippen LogP contribution in [0.1, 0.15) is 52.6 Å². The molecule has 40 heavy (non-hydrogen) atoms. The summed E-state index contributed by atoms with van der Waals surface area (Å²) in [5.74, 6) is -1.91. The van der Waals surface area contributed by atoms with Crippen LogP contribution in [0.4, 0.5) is 16.2 Å². The number of anilines is 2. The van der Waals surface area contributed by atoms with Gasteiger partial charge in [0.2, 0.25) is 5.91 Å². The van der Waals surface area contributed by atoms with Crippen molar-refractivity contribution in [2.75, 3.05) is 23.3 Å². The number of rotatable bonds is 7. The first kappa shape index (κ1) is 29.7. The summed E-state index contributed by atoms with van der Waals surface area (Å²) in [5.41, 5.74) is 8.95. The van der Waals surface area contributed by atoms with Crippen molar-refractivity contribution in [3.63, 3.8) is 0 Å². The zero-order valence-electron chi connectivity index (χ0n) is 22.8. The van der Waals surface area contributed by atoms with Crippen LogP contribution in [-0.4, -0.2) is 47.7 Å². The van der Waals surface area contributed by atoms with E-state index in [1.807, 2.05) is 12.1 Å². The molecule has 1 heterocycles.